The molecule has 1 N–H and O–H groups in total. The van der Waals surface area contributed by atoms with Gasteiger partial charge in [0.2, 0.25) is 0 Å². The highest BCUT2D eigenvalue weighted by molar-refractivity contribution is 5.84. The van der Waals surface area contributed by atoms with E-state index in [4.69, 9.17) is 9.47 Å². The molecule has 0 unspecified atom stereocenters. The van der Waals surface area contributed by atoms with Crippen LogP contribution in [0.1, 0.15) is 11.3 Å². The molecule has 0 saturated heterocycles. The largest absolute Gasteiger partial charge is 0.382 e. The van der Waals surface area contributed by atoms with Crippen LogP contribution in [0.2, 0.25) is 0 Å². The fourth-order valence-electron chi connectivity index (χ4n) is 2.31. The van der Waals surface area contributed by atoms with Crippen LogP contribution in [0.15, 0.2) is 24.3 Å². The molecule has 0 saturated carbocycles. The Morgan fingerprint density at radius 1 is 1.15 bits per heavy atom. The summed E-state index contributed by atoms with van der Waals surface area (Å²) in [5.74, 6) is 0. The zero-order valence-corrected chi connectivity index (χ0v) is 12.6. The number of aromatic amines is 1. The number of aryl methyl sites for hydroxylation is 1. The van der Waals surface area contributed by atoms with Crippen LogP contribution in [-0.2, 0) is 16.0 Å². The lowest BCUT2D eigenvalue weighted by atomic mass is 10.1. The van der Waals surface area contributed by atoms with Gasteiger partial charge in [0.1, 0.15) is 0 Å². The average molecular weight is 276 g/mol. The van der Waals surface area contributed by atoms with Crippen LogP contribution in [0.25, 0.3) is 10.9 Å². The lowest BCUT2D eigenvalue weighted by Crippen LogP contribution is -2.23. The predicted octanol–water partition coefficient (Wildman–Crippen LogP) is 2.57. The van der Waals surface area contributed by atoms with Gasteiger partial charge in [-0.25, -0.2) is 0 Å². The first-order chi connectivity index (χ1) is 9.72. The molecule has 0 amide bonds. The van der Waals surface area contributed by atoms with Gasteiger partial charge >= 0.3 is 0 Å². The molecule has 2 aromatic rings. The van der Waals surface area contributed by atoms with Crippen molar-refractivity contribution < 1.29 is 9.47 Å². The minimum Gasteiger partial charge on any atom is -0.382 e. The third-order valence-corrected chi connectivity index (χ3v) is 3.55. The zero-order valence-electron chi connectivity index (χ0n) is 12.6. The van der Waals surface area contributed by atoms with Crippen LogP contribution < -0.4 is 0 Å². The predicted molar refractivity (Wildman–Crippen MR) is 82.1 cm³/mol. The lowest BCUT2D eigenvalue weighted by Gasteiger charge is -2.16. The van der Waals surface area contributed by atoms with E-state index in [1.165, 1.54) is 22.2 Å². The van der Waals surface area contributed by atoms with Crippen LogP contribution in [0.5, 0.6) is 0 Å². The summed E-state index contributed by atoms with van der Waals surface area (Å²) < 4.78 is 10.4. The number of aromatic nitrogens is 1. The number of rotatable bonds is 8. The summed E-state index contributed by atoms with van der Waals surface area (Å²) in [6.07, 6.45) is 0. The van der Waals surface area contributed by atoms with Gasteiger partial charge in [-0.15, -0.1) is 0 Å². The van der Waals surface area contributed by atoms with E-state index >= 15 is 0 Å². The Morgan fingerprint density at radius 2 is 1.95 bits per heavy atom. The van der Waals surface area contributed by atoms with Crippen molar-refractivity contribution in [2.24, 2.45) is 0 Å². The van der Waals surface area contributed by atoms with E-state index in [0.717, 1.165) is 19.7 Å². The van der Waals surface area contributed by atoms with E-state index in [-0.39, 0.29) is 0 Å². The fourth-order valence-corrected chi connectivity index (χ4v) is 2.31. The second-order valence-electron chi connectivity index (χ2n) is 5.12. The number of hydrogen-bond donors (Lipinski definition) is 1. The number of fused-ring (bicyclic) bond motifs is 1. The molecule has 0 aliphatic heterocycles. The Balaban J connectivity index is 1.86. The number of benzene rings is 1. The first-order valence-electron chi connectivity index (χ1n) is 7.03. The summed E-state index contributed by atoms with van der Waals surface area (Å²) in [6.45, 7) is 6.06. The molecule has 0 aliphatic carbocycles. The molecule has 4 nitrogen and oxygen atoms in total. The monoisotopic (exact) mass is 276 g/mol. The summed E-state index contributed by atoms with van der Waals surface area (Å²) >= 11 is 0. The van der Waals surface area contributed by atoms with Crippen molar-refractivity contribution in [1.29, 1.82) is 0 Å². The van der Waals surface area contributed by atoms with Gasteiger partial charge in [-0.05, 0) is 25.6 Å². The molecule has 0 aliphatic rings. The first kappa shape index (κ1) is 15.0. The number of nitrogens with one attached hydrogen (secondary N) is 1. The highest BCUT2D eigenvalue weighted by Crippen LogP contribution is 2.21. The van der Waals surface area contributed by atoms with Gasteiger partial charge in [0, 0.05) is 36.8 Å². The SMILES string of the molecule is COCCOCCN(C)Cc1[nH]c2ccccc2c1C. The molecule has 110 valence electrons. The molecule has 0 fully saturated rings. The molecule has 4 heteroatoms. The Morgan fingerprint density at radius 3 is 2.70 bits per heavy atom. The maximum absolute atomic E-state index is 5.49. The maximum Gasteiger partial charge on any atom is 0.0700 e. The molecular weight excluding hydrogens is 252 g/mol. The third-order valence-electron chi connectivity index (χ3n) is 3.55. The first-order valence-corrected chi connectivity index (χ1v) is 7.03. The van der Waals surface area contributed by atoms with Crippen molar-refractivity contribution in [2.75, 3.05) is 40.5 Å². The van der Waals surface area contributed by atoms with Crippen LogP contribution in [0, 0.1) is 6.92 Å². The zero-order chi connectivity index (χ0) is 14.4. The number of hydrogen-bond acceptors (Lipinski definition) is 3. The molecule has 20 heavy (non-hydrogen) atoms. The van der Waals surface area contributed by atoms with E-state index < -0.39 is 0 Å². The highest BCUT2D eigenvalue weighted by Gasteiger charge is 2.09. The second-order valence-corrected chi connectivity index (χ2v) is 5.12. The Kier molecular flexibility index (Phi) is 5.59. The van der Waals surface area contributed by atoms with Crippen molar-refractivity contribution in [3.05, 3.63) is 35.5 Å². The van der Waals surface area contributed by atoms with Crippen molar-refractivity contribution in [2.45, 2.75) is 13.5 Å². The molecule has 1 aromatic carbocycles. The fraction of sp³-hybridized carbons (Fsp3) is 0.500. The second kappa shape index (κ2) is 7.43. The van der Waals surface area contributed by atoms with Gasteiger partial charge in [-0.2, -0.15) is 0 Å². The van der Waals surface area contributed by atoms with E-state index in [9.17, 15) is 0 Å². The number of H-pyrrole nitrogens is 1. The van der Waals surface area contributed by atoms with Crippen LogP contribution >= 0.6 is 0 Å². The average Bonchev–Trinajstić information content (AvgIpc) is 2.76. The number of nitrogens with zero attached hydrogens (tertiary/aromatic N) is 1. The summed E-state index contributed by atoms with van der Waals surface area (Å²) in [5, 5.41) is 1.31. The highest BCUT2D eigenvalue weighted by atomic mass is 16.5. The van der Waals surface area contributed by atoms with Gasteiger partial charge < -0.3 is 14.5 Å². The maximum atomic E-state index is 5.49. The number of ether oxygens (including phenoxy) is 2. The van der Waals surface area contributed by atoms with Crippen molar-refractivity contribution in [3.63, 3.8) is 0 Å². The van der Waals surface area contributed by atoms with Crippen molar-refractivity contribution in [1.82, 2.24) is 9.88 Å². The molecule has 0 radical (unpaired) electrons. The van der Waals surface area contributed by atoms with Gasteiger partial charge in [-0.1, -0.05) is 18.2 Å². The molecular formula is C16H24N2O2. The Hall–Kier alpha value is -1.36. The summed E-state index contributed by atoms with van der Waals surface area (Å²) in [7, 11) is 3.80. The van der Waals surface area contributed by atoms with Gasteiger partial charge in [-0.3, -0.25) is 4.90 Å². The smallest absolute Gasteiger partial charge is 0.0700 e. The standard InChI is InChI=1S/C16H24N2O2/c1-13-14-6-4-5-7-15(14)17-16(13)12-18(2)8-9-20-11-10-19-3/h4-7,17H,8-12H2,1-3H3. The normalized spacial score (nSPS) is 11.6. The summed E-state index contributed by atoms with van der Waals surface area (Å²) in [6, 6.07) is 8.44. The van der Waals surface area contributed by atoms with Crippen molar-refractivity contribution in [3.8, 4) is 0 Å². The lowest BCUT2D eigenvalue weighted by molar-refractivity contribution is 0.0596. The Bertz CT molecular complexity index is 536. The van der Waals surface area contributed by atoms with Crippen LogP contribution in [0.4, 0.5) is 0 Å². The molecule has 1 heterocycles. The summed E-state index contributed by atoms with van der Waals surface area (Å²) in [4.78, 5) is 5.77. The topological polar surface area (TPSA) is 37.5 Å². The van der Waals surface area contributed by atoms with Crippen molar-refractivity contribution >= 4 is 10.9 Å². The minimum atomic E-state index is 0.658. The summed E-state index contributed by atoms with van der Waals surface area (Å²) in [5.41, 5.74) is 3.84. The molecule has 1 aromatic heterocycles. The van der Waals surface area contributed by atoms with Crippen LogP contribution in [0.3, 0.4) is 0 Å². The van der Waals surface area contributed by atoms with E-state index in [2.05, 4.69) is 48.1 Å². The Labute approximate surface area is 120 Å². The quantitative estimate of drug-likeness (QED) is 0.753. The molecule has 2 rings (SSSR count). The van der Waals surface area contributed by atoms with E-state index in [1.54, 1.807) is 7.11 Å². The third kappa shape index (κ3) is 3.82. The van der Waals surface area contributed by atoms with E-state index in [0.29, 0.717) is 13.2 Å². The van der Waals surface area contributed by atoms with Gasteiger partial charge in [0.05, 0.1) is 19.8 Å². The van der Waals surface area contributed by atoms with Gasteiger partial charge in [0.15, 0.2) is 0 Å². The molecule has 0 bridgehead atoms. The number of likely N-dealkylation sites (N-methyl/N-ethyl adjacent to an activating group) is 1. The van der Waals surface area contributed by atoms with Crippen LogP contribution in [-0.4, -0.2) is 50.4 Å². The minimum absolute atomic E-state index is 0.658. The number of methoxy groups -OCH3 is 1. The molecule has 0 spiro atoms. The molecule has 0 atom stereocenters. The number of para-hydroxylation sites is 1. The van der Waals surface area contributed by atoms with Gasteiger partial charge in [0.25, 0.3) is 0 Å². The van der Waals surface area contributed by atoms with E-state index in [1.807, 2.05) is 0 Å².